The number of likely N-dealkylation sites (N-methyl/N-ethyl adjacent to an activating group) is 1. The quantitative estimate of drug-likeness (QED) is 0.0814. The van der Waals surface area contributed by atoms with E-state index in [1.54, 1.807) is 37.4 Å². The molecule has 5 heterocycles. The second kappa shape index (κ2) is 18.6. The number of amides is 7. The SMILES string of the molecule is Cc1[nH]c(/C=C2\C(=O)N(C)c3ccc(F)cc32)c(C)c1C(=O)NCCCN1CCN(CC(=O)NCCCCCNc2cccc3c2C(=O)N(C2CCC(=O)NC2=O)C3=O)CC1. The first-order valence-electron chi connectivity index (χ1n) is 20.9. The van der Waals surface area contributed by atoms with Gasteiger partial charge in [0.1, 0.15) is 11.9 Å². The lowest BCUT2D eigenvalue weighted by atomic mass is 10.0. The molecule has 322 valence electrons. The van der Waals surface area contributed by atoms with Crippen LogP contribution in [0.2, 0.25) is 0 Å². The smallest absolute Gasteiger partial charge is 0.264 e. The second-order valence-corrected chi connectivity index (χ2v) is 16.0. The summed E-state index contributed by atoms with van der Waals surface area (Å²) in [6.07, 6.45) is 5.00. The third-order valence-corrected chi connectivity index (χ3v) is 11.9. The van der Waals surface area contributed by atoms with Crippen LogP contribution in [0.15, 0.2) is 36.4 Å². The predicted molar refractivity (Wildman–Crippen MR) is 226 cm³/mol. The van der Waals surface area contributed by atoms with E-state index in [0.29, 0.717) is 71.2 Å². The Labute approximate surface area is 353 Å². The largest absolute Gasteiger partial charge is 0.384 e. The van der Waals surface area contributed by atoms with Crippen LogP contribution in [0, 0.1) is 19.7 Å². The Morgan fingerprint density at radius 1 is 0.852 bits per heavy atom. The number of fused-ring (bicyclic) bond motifs is 2. The van der Waals surface area contributed by atoms with E-state index in [9.17, 15) is 38.0 Å². The Morgan fingerprint density at radius 2 is 1.59 bits per heavy atom. The van der Waals surface area contributed by atoms with E-state index in [-0.39, 0.29) is 41.7 Å². The molecule has 16 nitrogen and oxygen atoms in total. The highest BCUT2D eigenvalue weighted by atomic mass is 19.1. The summed E-state index contributed by atoms with van der Waals surface area (Å²) in [5.74, 6) is -3.03. The number of piperazine rings is 1. The second-order valence-electron chi connectivity index (χ2n) is 16.0. The van der Waals surface area contributed by atoms with Crippen molar-refractivity contribution in [2.45, 2.75) is 58.4 Å². The number of carbonyl (C=O) groups is 7. The number of piperidine rings is 1. The van der Waals surface area contributed by atoms with Crippen LogP contribution in [0.1, 0.15) is 92.1 Å². The molecule has 5 N–H and O–H groups in total. The van der Waals surface area contributed by atoms with E-state index in [1.807, 2.05) is 13.8 Å². The van der Waals surface area contributed by atoms with Crippen molar-refractivity contribution in [3.8, 4) is 0 Å². The van der Waals surface area contributed by atoms with Crippen molar-refractivity contribution in [2.75, 3.05) is 76.2 Å². The number of nitrogens with one attached hydrogen (secondary N) is 5. The Morgan fingerprint density at radius 3 is 2.36 bits per heavy atom. The zero-order valence-electron chi connectivity index (χ0n) is 34.7. The summed E-state index contributed by atoms with van der Waals surface area (Å²) >= 11 is 0. The molecule has 61 heavy (non-hydrogen) atoms. The highest BCUT2D eigenvalue weighted by Gasteiger charge is 2.45. The summed E-state index contributed by atoms with van der Waals surface area (Å²) in [7, 11) is 1.65. The number of H-pyrrole nitrogens is 1. The Kier molecular flexibility index (Phi) is 13.1. The average Bonchev–Trinajstić information content (AvgIpc) is 3.76. The minimum Gasteiger partial charge on any atom is -0.384 e. The van der Waals surface area contributed by atoms with Gasteiger partial charge in [0.05, 0.1) is 34.5 Å². The summed E-state index contributed by atoms with van der Waals surface area (Å²) in [5.41, 5.74) is 5.06. The molecule has 7 amide bonds. The molecule has 0 bridgehead atoms. The van der Waals surface area contributed by atoms with Gasteiger partial charge in [0.15, 0.2) is 0 Å². The van der Waals surface area contributed by atoms with Crippen LogP contribution in [0.4, 0.5) is 15.8 Å². The van der Waals surface area contributed by atoms with Crippen molar-refractivity contribution >= 4 is 64.4 Å². The topological polar surface area (TPSA) is 196 Å². The van der Waals surface area contributed by atoms with E-state index < -0.39 is 35.5 Å². The van der Waals surface area contributed by atoms with Crippen molar-refractivity contribution in [3.63, 3.8) is 0 Å². The maximum Gasteiger partial charge on any atom is 0.264 e. The number of halogens is 1. The number of benzene rings is 2. The van der Waals surface area contributed by atoms with Crippen LogP contribution in [0.5, 0.6) is 0 Å². The number of nitrogens with zero attached hydrogens (tertiary/aromatic N) is 4. The maximum absolute atomic E-state index is 14.0. The molecule has 3 aromatic rings. The molecule has 1 aromatic heterocycles. The standard InChI is InChI=1S/C44H52FN9O7/c1-26-33(24-31-30-23-28(45)11-12-34(30)51(3)42(31)59)49-27(2)38(26)41(58)48-17-8-18-52-19-21-53(22-20-52)25-37(56)47-16-6-4-5-15-46-32-10-7-9-29-39(32)44(61)54(43(29)60)35-13-14-36(55)50-40(35)57/h7,9-12,23-24,35,46,49H,4-6,8,13-22,25H2,1-3H3,(H,47,56)(H,48,58)(H,50,55,57)/b31-24-. The molecular weight excluding hydrogens is 786 g/mol. The highest BCUT2D eigenvalue weighted by molar-refractivity contribution is 6.35. The molecule has 0 saturated carbocycles. The van der Waals surface area contributed by atoms with Gasteiger partial charge < -0.3 is 30.7 Å². The number of aromatic amines is 1. The average molecular weight is 838 g/mol. The van der Waals surface area contributed by atoms with E-state index in [4.69, 9.17) is 0 Å². The summed E-state index contributed by atoms with van der Waals surface area (Å²) in [6, 6.07) is 8.24. The summed E-state index contributed by atoms with van der Waals surface area (Å²) < 4.78 is 14.0. The van der Waals surface area contributed by atoms with Crippen LogP contribution in [-0.2, 0) is 19.2 Å². The van der Waals surface area contributed by atoms with Gasteiger partial charge in [-0.3, -0.25) is 48.7 Å². The number of hydrogen-bond donors (Lipinski definition) is 5. The third-order valence-electron chi connectivity index (χ3n) is 11.9. The van der Waals surface area contributed by atoms with Crippen LogP contribution >= 0.6 is 0 Å². The van der Waals surface area contributed by atoms with Crippen molar-refractivity contribution in [1.29, 1.82) is 0 Å². The molecule has 7 rings (SSSR count). The number of carbonyl (C=O) groups excluding carboxylic acids is 7. The monoisotopic (exact) mass is 837 g/mol. The molecular formula is C44H52FN9O7. The van der Waals surface area contributed by atoms with Gasteiger partial charge in [0, 0.05) is 81.9 Å². The molecule has 0 aliphatic carbocycles. The molecule has 2 aromatic carbocycles. The molecule has 0 spiro atoms. The fraction of sp³-hybridized carbons (Fsp3) is 0.432. The van der Waals surface area contributed by atoms with Crippen molar-refractivity contribution in [2.24, 2.45) is 0 Å². The lowest BCUT2D eigenvalue weighted by Crippen LogP contribution is -2.54. The Bertz CT molecular complexity index is 2300. The third kappa shape index (κ3) is 9.27. The molecule has 4 aliphatic heterocycles. The number of unbranched alkanes of at least 4 members (excludes halogenated alkanes) is 2. The van der Waals surface area contributed by atoms with Gasteiger partial charge in [-0.05, 0) is 94.5 Å². The number of anilines is 2. The van der Waals surface area contributed by atoms with Gasteiger partial charge >= 0.3 is 0 Å². The van der Waals surface area contributed by atoms with Gasteiger partial charge in [-0.25, -0.2) is 4.39 Å². The van der Waals surface area contributed by atoms with Crippen LogP contribution < -0.4 is 26.2 Å². The summed E-state index contributed by atoms with van der Waals surface area (Å²) in [6.45, 7) is 9.56. The number of aryl methyl sites for hydroxylation is 1. The zero-order chi connectivity index (χ0) is 43.4. The first-order chi connectivity index (χ1) is 29.3. The fourth-order valence-electron chi connectivity index (χ4n) is 8.53. The van der Waals surface area contributed by atoms with Crippen LogP contribution in [-0.4, -0.2) is 133 Å². The van der Waals surface area contributed by atoms with Gasteiger partial charge in [0.2, 0.25) is 17.7 Å². The van der Waals surface area contributed by atoms with E-state index in [2.05, 4.69) is 36.1 Å². The first-order valence-corrected chi connectivity index (χ1v) is 20.9. The van der Waals surface area contributed by atoms with E-state index in [0.717, 1.165) is 63.3 Å². The van der Waals surface area contributed by atoms with Crippen molar-refractivity contribution in [3.05, 3.63) is 81.4 Å². The normalized spacial score (nSPS) is 18.8. The predicted octanol–water partition coefficient (Wildman–Crippen LogP) is 2.82. The number of rotatable bonds is 16. The minimum absolute atomic E-state index is 0.0199. The van der Waals surface area contributed by atoms with E-state index >= 15 is 0 Å². The fourth-order valence-corrected chi connectivity index (χ4v) is 8.53. The number of hydrogen-bond acceptors (Lipinski definition) is 10. The van der Waals surface area contributed by atoms with Crippen LogP contribution in [0.25, 0.3) is 11.6 Å². The van der Waals surface area contributed by atoms with Crippen LogP contribution in [0.3, 0.4) is 0 Å². The van der Waals surface area contributed by atoms with Crippen molar-refractivity contribution in [1.82, 2.24) is 35.6 Å². The Balaban J connectivity index is 0.758. The Hall–Kier alpha value is -6.20. The highest BCUT2D eigenvalue weighted by Crippen LogP contribution is 2.38. The lowest BCUT2D eigenvalue weighted by Gasteiger charge is -2.34. The molecule has 2 fully saturated rings. The number of aromatic nitrogens is 1. The number of imide groups is 2. The van der Waals surface area contributed by atoms with Gasteiger partial charge in [0.25, 0.3) is 23.6 Å². The lowest BCUT2D eigenvalue weighted by molar-refractivity contribution is -0.136. The van der Waals surface area contributed by atoms with Gasteiger partial charge in [-0.15, -0.1) is 0 Å². The zero-order valence-corrected chi connectivity index (χ0v) is 34.7. The first kappa shape index (κ1) is 42.9. The molecule has 0 radical (unpaired) electrons. The van der Waals surface area contributed by atoms with Crippen molar-refractivity contribution < 1.29 is 38.0 Å². The van der Waals surface area contributed by atoms with E-state index in [1.165, 1.54) is 17.0 Å². The molecule has 1 atom stereocenters. The van der Waals surface area contributed by atoms with Gasteiger partial charge in [-0.2, -0.15) is 0 Å². The molecule has 2 saturated heterocycles. The minimum atomic E-state index is -1.01. The molecule has 17 heteroatoms. The molecule has 4 aliphatic rings. The molecule has 1 unspecified atom stereocenters. The maximum atomic E-state index is 14.0. The summed E-state index contributed by atoms with van der Waals surface area (Å²) in [5, 5.41) is 11.5. The summed E-state index contributed by atoms with van der Waals surface area (Å²) in [4.78, 5) is 99.3. The van der Waals surface area contributed by atoms with Gasteiger partial charge in [-0.1, -0.05) is 6.07 Å².